The molecule has 106 valence electrons. The summed E-state index contributed by atoms with van der Waals surface area (Å²) in [6.07, 6.45) is 3.35. The second-order valence-electron chi connectivity index (χ2n) is 5.05. The van der Waals surface area contributed by atoms with E-state index >= 15 is 0 Å². The Kier molecular flexibility index (Phi) is 7.23. The third kappa shape index (κ3) is 5.33. The Morgan fingerprint density at radius 2 is 2.17 bits per heavy atom. The van der Waals surface area contributed by atoms with Gasteiger partial charge in [0.15, 0.2) is 0 Å². The smallest absolute Gasteiger partial charge is 0.303 e. The molecule has 0 aromatic carbocycles. The molecule has 1 aliphatic rings. The van der Waals surface area contributed by atoms with Crippen LogP contribution in [0.15, 0.2) is 0 Å². The molecule has 1 saturated carbocycles. The fraction of sp³-hybridized carbons (Fsp3) is 0.923. The van der Waals surface area contributed by atoms with Crippen LogP contribution in [0.1, 0.15) is 32.1 Å². The highest BCUT2D eigenvalue weighted by Gasteiger charge is 2.35. The van der Waals surface area contributed by atoms with Gasteiger partial charge in [-0.15, -0.1) is 0 Å². The van der Waals surface area contributed by atoms with E-state index in [0.29, 0.717) is 6.61 Å². The first kappa shape index (κ1) is 15.4. The number of hydrogen-bond donors (Lipinski definition) is 3. The van der Waals surface area contributed by atoms with Crippen LogP contribution in [0.5, 0.6) is 0 Å². The number of rotatable bonds is 9. The van der Waals surface area contributed by atoms with Gasteiger partial charge in [0, 0.05) is 20.1 Å². The van der Waals surface area contributed by atoms with Crippen molar-refractivity contribution in [3.05, 3.63) is 0 Å². The number of carbonyl (C=O) groups is 1. The van der Waals surface area contributed by atoms with Crippen LogP contribution in [0.2, 0.25) is 0 Å². The summed E-state index contributed by atoms with van der Waals surface area (Å²) in [5, 5.41) is 22.0. The average Bonchev–Trinajstić information content (AvgIpc) is 2.65. The predicted octanol–water partition coefficient (Wildman–Crippen LogP) is 0.864. The Balaban J connectivity index is 2.19. The van der Waals surface area contributed by atoms with Crippen molar-refractivity contribution >= 4 is 5.97 Å². The minimum absolute atomic E-state index is 0.150. The van der Waals surface area contributed by atoms with E-state index in [9.17, 15) is 9.90 Å². The van der Waals surface area contributed by atoms with Crippen LogP contribution in [0, 0.1) is 11.8 Å². The van der Waals surface area contributed by atoms with Crippen LogP contribution >= 0.6 is 0 Å². The van der Waals surface area contributed by atoms with Crippen molar-refractivity contribution in [2.45, 2.75) is 38.2 Å². The van der Waals surface area contributed by atoms with Crippen molar-refractivity contribution in [3.63, 3.8) is 0 Å². The topological polar surface area (TPSA) is 78.8 Å². The first-order valence-corrected chi connectivity index (χ1v) is 6.74. The maximum Gasteiger partial charge on any atom is 0.303 e. The molecule has 1 rings (SSSR count). The largest absolute Gasteiger partial charge is 0.481 e. The van der Waals surface area contributed by atoms with E-state index in [2.05, 4.69) is 5.32 Å². The Morgan fingerprint density at radius 1 is 1.39 bits per heavy atom. The Hall–Kier alpha value is -0.650. The zero-order valence-electron chi connectivity index (χ0n) is 11.1. The quantitative estimate of drug-likeness (QED) is 0.535. The lowest BCUT2D eigenvalue weighted by Gasteiger charge is -2.20. The lowest BCUT2D eigenvalue weighted by molar-refractivity contribution is -0.138. The lowest BCUT2D eigenvalue weighted by Crippen LogP contribution is -2.24. The fourth-order valence-electron chi connectivity index (χ4n) is 2.79. The van der Waals surface area contributed by atoms with Gasteiger partial charge in [-0.2, -0.15) is 0 Å². The minimum Gasteiger partial charge on any atom is -0.481 e. The van der Waals surface area contributed by atoms with Crippen LogP contribution < -0.4 is 5.32 Å². The highest BCUT2D eigenvalue weighted by molar-refractivity contribution is 5.67. The molecule has 5 nitrogen and oxygen atoms in total. The summed E-state index contributed by atoms with van der Waals surface area (Å²) in [6, 6.07) is 0. The molecule has 0 bridgehead atoms. The molecule has 0 amide bonds. The summed E-state index contributed by atoms with van der Waals surface area (Å²) in [6.45, 7) is 2.43. The molecule has 1 aliphatic carbocycles. The first-order chi connectivity index (χ1) is 8.65. The molecule has 0 aromatic rings. The number of carboxylic acid groups (broad SMARTS) is 1. The first-order valence-electron chi connectivity index (χ1n) is 6.74. The maximum atomic E-state index is 10.7. The number of hydrogen-bond acceptors (Lipinski definition) is 4. The van der Waals surface area contributed by atoms with Gasteiger partial charge in [-0.1, -0.05) is 0 Å². The van der Waals surface area contributed by atoms with Crippen LogP contribution in [-0.4, -0.2) is 49.1 Å². The maximum absolute atomic E-state index is 10.7. The number of carboxylic acids is 1. The number of ether oxygens (including phenoxy) is 1. The summed E-state index contributed by atoms with van der Waals surface area (Å²) >= 11 is 0. The van der Waals surface area contributed by atoms with Gasteiger partial charge < -0.3 is 20.3 Å². The van der Waals surface area contributed by atoms with Gasteiger partial charge in [0.05, 0.1) is 12.7 Å². The molecular formula is C13H25NO4. The molecular weight excluding hydrogens is 234 g/mol. The van der Waals surface area contributed by atoms with E-state index < -0.39 is 5.97 Å². The van der Waals surface area contributed by atoms with Crippen molar-refractivity contribution in [2.24, 2.45) is 11.8 Å². The van der Waals surface area contributed by atoms with Crippen LogP contribution in [0.3, 0.4) is 0 Å². The molecule has 3 atom stereocenters. The van der Waals surface area contributed by atoms with E-state index in [0.717, 1.165) is 38.8 Å². The van der Waals surface area contributed by atoms with Gasteiger partial charge in [0.1, 0.15) is 0 Å². The van der Waals surface area contributed by atoms with Gasteiger partial charge in [-0.3, -0.25) is 4.79 Å². The SMILES string of the molecule is COCCNCCCC1C(O)CCC1CC(=O)O. The van der Waals surface area contributed by atoms with E-state index in [1.807, 2.05) is 0 Å². The van der Waals surface area contributed by atoms with Crippen LogP contribution in [-0.2, 0) is 9.53 Å². The van der Waals surface area contributed by atoms with E-state index in [4.69, 9.17) is 9.84 Å². The highest BCUT2D eigenvalue weighted by atomic mass is 16.5. The van der Waals surface area contributed by atoms with Gasteiger partial charge in [-0.05, 0) is 44.1 Å². The number of methoxy groups -OCH3 is 1. The van der Waals surface area contributed by atoms with Gasteiger partial charge in [-0.25, -0.2) is 0 Å². The average molecular weight is 259 g/mol. The lowest BCUT2D eigenvalue weighted by atomic mass is 9.88. The molecule has 3 N–H and O–H groups in total. The van der Waals surface area contributed by atoms with Crippen LogP contribution in [0.25, 0.3) is 0 Å². The third-order valence-corrected chi connectivity index (χ3v) is 3.74. The number of aliphatic hydroxyl groups is 1. The zero-order valence-corrected chi connectivity index (χ0v) is 11.1. The van der Waals surface area contributed by atoms with Crippen LogP contribution in [0.4, 0.5) is 0 Å². The Labute approximate surface area is 109 Å². The molecule has 5 heteroatoms. The van der Waals surface area contributed by atoms with Gasteiger partial charge in [0.2, 0.25) is 0 Å². The predicted molar refractivity (Wildman–Crippen MR) is 68.5 cm³/mol. The molecule has 18 heavy (non-hydrogen) atoms. The molecule has 0 radical (unpaired) electrons. The summed E-state index contributed by atoms with van der Waals surface area (Å²) in [4.78, 5) is 10.7. The van der Waals surface area contributed by atoms with Crippen molar-refractivity contribution in [3.8, 4) is 0 Å². The summed E-state index contributed by atoms with van der Waals surface area (Å²) in [7, 11) is 1.67. The van der Waals surface area contributed by atoms with Gasteiger partial charge in [0.25, 0.3) is 0 Å². The zero-order chi connectivity index (χ0) is 13.4. The van der Waals surface area contributed by atoms with Gasteiger partial charge >= 0.3 is 5.97 Å². The number of nitrogens with one attached hydrogen (secondary N) is 1. The Morgan fingerprint density at radius 3 is 2.83 bits per heavy atom. The fourth-order valence-corrected chi connectivity index (χ4v) is 2.79. The summed E-state index contributed by atoms with van der Waals surface area (Å²) < 4.78 is 4.93. The van der Waals surface area contributed by atoms with E-state index in [1.165, 1.54) is 0 Å². The third-order valence-electron chi connectivity index (χ3n) is 3.74. The summed E-state index contributed by atoms with van der Waals surface area (Å²) in [5.41, 5.74) is 0. The summed E-state index contributed by atoms with van der Waals surface area (Å²) in [5.74, 6) is -0.445. The Bertz CT molecular complexity index is 247. The standard InChI is InChI=1S/C13H25NO4/c1-18-8-7-14-6-2-3-11-10(9-13(16)17)4-5-12(11)15/h10-12,14-15H,2-9H2,1H3,(H,16,17). The molecule has 0 aromatic heterocycles. The van der Waals surface area contributed by atoms with Crippen molar-refractivity contribution in [1.29, 1.82) is 0 Å². The minimum atomic E-state index is -0.752. The normalized spacial score (nSPS) is 27.6. The second-order valence-corrected chi connectivity index (χ2v) is 5.05. The number of aliphatic carboxylic acids is 1. The van der Waals surface area contributed by atoms with E-state index in [-0.39, 0.29) is 24.4 Å². The second kappa shape index (κ2) is 8.45. The van der Waals surface area contributed by atoms with Crippen molar-refractivity contribution in [1.82, 2.24) is 5.32 Å². The molecule has 0 heterocycles. The number of aliphatic hydroxyl groups excluding tert-OH is 1. The molecule has 1 fully saturated rings. The highest BCUT2D eigenvalue weighted by Crippen LogP contribution is 2.37. The van der Waals surface area contributed by atoms with E-state index in [1.54, 1.807) is 7.11 Å². The monoisotopic (exact) mass is 259 g/mol. The molecule has 0 spiro atoms. The van der Waals surface area contributed by atoms with Crippen molar-refractivity contribution in [2.75, 3.05) is 26.8 Å². The molecule has 3 unspecified atom stereocenters. The molecule has 0 saturated heterocycles. The molecule has 0 aliphatic heterocycles. The van der Waals surface area contributed by atoms with Crippen molar-refractivity contribution < 1.29 is 19.7 Å².